The van der Waals surface area contributed by atoms with Crippen molar-refractivity contribution in [3.05, 3.63) is 23.3 Å². The number of amides is 2. The van der Waals surface area contributed by atoms with E-state index in [0.717, 1.165) is 22.5 Å². The Morgan fingerprint density at radius 1 is 1.20 bits per heavy atom. The zero-order chi connectivity index (χ0) is 15.3. The third kappa shape index (κ3) is 4.46. The summed E-state index contributed by atoms with van der Waals surface area (Å²) in [5, 5.41) is 13.8. The van der Waals surface area contributed by atoms with Crippen LogP contribution in [0.4, 0.5) is 16.2 Å². The number of hydrogen-bond acceptors (Lipinski definition) is 3. The average molecular weight is 279 g/mol. The van der Waals surface area contributed by atoms with E-state index in [1.54, 1.807) is 0 Å². The fourth-order valence-corrected chi connectivity index (χ4v) is 1.84. The van der Waals surface area contributed by atoms with Crippen molar-refractivity contribution in [2.45, 2.75) is 20.3 Å². The number of aliphatic carboxylic acids is 1. The van der Waals surface area contributed by atoms with E-state index < -0.39 is 12.0 Å². The van der Waals surface area contributed by atoms with Crippen molar-refractivity contribution in [2.75, 3.05) is 30.9 Å². The van der Waals surface area contributed by atoms with Crippen LogP contribution in [0, 0.1) is 13.8 Å². The second-order valence-corrected chi connectivity index (χ2v) is 4.87. The molecule has 0 spiro atoms. The number of carboxylic acids is 1. The molecule has 6 heteroatoms. The average Bonchev–Trinajstić information content (AvgIpc) is 2.32. The summed E-state index contributed by atoms with van der Waals surface area (Å²) < 4.78 is 0. The van der Waals surface area contributed by atoms with Gasteiger partial charge in [0, 0.05) is 32.0 Å². The number of hydrogen-bond donors (Lipinski definition) is 3. The number of aryl methyl sites for hydroxylation is 2. The molecule has 0 bridgehead atoms. The molecule has 0 aliphatic rings. The maximum absolute atomic E-state index is 11.7. The summed E-state index contributed by atoms with van der Waals surface area (Å²) in [5.41, 5.74) is 3.74. The molecule has 1 aromatic rings. The summed E-state index contributed by atoms with van der Waals surface area (Å²) in [7, 11) is 3.92. The van der Waals surface area contributed by atoms with Crippen molar-refractivity contribution < 1.29 is 14.7 Å². The fraction of sp³-hybridized carbons (Fsp3) is 0.429. The first-order chi connectivity index (χ1) is 9.31. The summed E-state index contributed by atoms with van der Waals surface area (Å²) in [4.78, 5) is 24.1. The number of benzene rings is 1. The fourth-order valence-electron chi connectivity index (χ4n) is 1.84. The molecule has 1 aromatic carbocycles. The highest BCUT2D eigenvalue weighted by molar-refractivity contribution is 5.91. The second kappa shape index (κ2) is 6.79. The number of anilines is 2. The quantitative estimate of drug-likeness (QED) is 0.769. The Morgan fingerprint density at radius 2 is 1.75 bits per heavy atom. The Hall–Kier alpha value is -2.24. The summed E-state index contributed by atoms with van der Waals surface area (Å²) in [6.45, 7) is 3.95. The van der Waals surface area contributed by atoms with Crippen LogP contribution in [-0.4, -0.2) is 37.7 Å². The lowest BCUT2D eigenvalue weighted by atomic mass is 10.1. The van der Waals surface area contributed by atoms with Crippen molar-refractivity contribution in [1.29, 1.82) is 0 Å². The van der Waals surface area contributed by atoms with Crippen molar-refractivity contribution in [2.24, 2.45) is 0 Å². The maximum atomic E-state index is 11.7. The van der Waals surface area contributed by atoms with Crippen molar-refractivity contribution in [3.8, 4) is 0 Å². The monoisotopic (exact) mass is 279 g/mol. The van der Waals surface area contributed by atoms with Crippen LogP contribution in [0.5, 0.6) is 0 Å². The second-order valence-electron chi connectivity index (χ2n) is 4.87. The zero-order valence-electron chi connectivity index (χ0n) is 12.3. The number of nitrogens with zero attached hydrogens (tertiary/aromatic N) is 1. The number of nitrogens with one attached hydrogen (secondary N) is 2. The number of carbonyl (C=O) groups excluding carboxylic acids is 1. The van der Waals surface area contributed by atoms with Gasteiger partial charge in [-0.25, -0.2) is 4.79 Å². The first kappa shape index (κ1) is 15.8. The smallest absolute Gasteiger partial charge is 0.319 e. The van der Waals surface area contributed by atoms with Crippen molar-refractivity contribution in [3.63, 3.8) is 0 Å². The molecular weight excluding hydrogens is 258 g/mol. The van der Waals surface area contributed by atoms with Crippen LogP contribution in [0.15, 0.2) is 12.1 Å². The van der Waals surface area contributed by atoms with Gasteiger partial charge in [0.05, 0.1) is 6.42 Å². The summed E-state index contributed by atoms with van der Waals surface area (Å²) in [6.07, 6.45) is -0.0923. The van der Waals surface area contributed by atoms with Gasteiger partial charge in [0.15, 0.2) is 0 Å². The standard InChI is InChI=1S/C14H21N3O3/c1-9-7-11(17(3)4)8-10(2)13(9)16-14(20)15-6-5-12(18)19/h7-8H,5-6H2,1-4H3,(H,18,19)(H2,15,16,20). The molecule has 0 radical (unpaired) electrons. The van der Waals surface area contributed by atoms with E-state index in [0.29, 0.717) is 0 Å². The number of rotatable bonds is 5. The lowest BCUT2D eigenvalue weighted by Crippen LogP contribution is -2.31. The van der Waals surface area contributed by atoms with E-state index >= 15 is 0 Å². The minimum absolute atomic E-state index is 0.0923. The Labute approximate surface area is 118 Å². The van der Waals surface area contributed by atoms with Gasteiger partial charge in [-0.2, -0.15) is 0 Å². The number of carboxylic acid groups (broad SMARTS) is 1. The van der Waals surface area contributed by atoms with Crippen LogP contribution >= 0.6 is 0 Å². The molecule has 0 saturated carbocycles. The first-order valence-electron chi connectivity index (χ1n) is 6.36. The lowest BCUT2D eigenvalue weighted by Gasteiger charge is -2.18. The van der Waals surface area contributed by atoms with Gasteiger partial charge in [0.25, 0.3) is 0 Å². The van der Waals surface area contributed by atoms with Crippen LogP contribution in [-0.2, 0) is 4.79 Å². The van der Waals surface area contributed by atoms with E-state index in [-0.39, 0.29) is 13.0 Å². The van der Waals surface area contributed by atoms with E-state index in [2.05, 4.69) is 10.6 Å². The number of carbonyl (C=O) groups is 2. The van der Waals surface area contributed by atoms with Gasteiger partial charge >= 0.3 is 12.0 Å². The zero-order valence-corrected chi connectivity index (χ0v) is 12.3. The van der Waals surface area contributed by atoms with E-state index in [4.69, 9.17) is 5.11 Å². The third-order valence-electron chi connectivity index (χ3n) is 2.90. The summed E-state index contributed by atoms with van der Waals surface area (Å²) >= 11 is 0. The molecule has 0 atom stereocenters. The van der Waals surface area contributed by atoms with Crippen molar-refractivity contribution in [1.82, 2.24) is 5.32 Å². The molecule has 0 aliphatic carbocycles. The number of urea groups is 1. The van der Waals surface area contributed by atoms with E-state index in [9.17, 15) is 9.59 Å². The molecule has 0 aliphatic heterocycles. The Kier molecular flexibility index (Phi) is 5.37. The maximum Gasteiger partial charge on any atom is 0.319 e. The van der Waals surface area contributed by atoms with Crippen LogP contribution < -0.4 is 15.5 Å². The van der Waals surface area contributed by atoms with Gasteiger partial charge < -0.3 is 20.6 Å². The highest BCUT2D eigenvalue weighted by atomic mass is 16.4. The van der Waals surface area contributed by atoms with Crippen molar-refractivity contribution >= 4 is 23.4 Å². The van der Waals surface area contributed by atoms with Gasteiger partial charge in [0.2, 0.25) is 0 Å². The molecule has 1 rings (SSSR count). The van der Waals surface area contributed by atoms with Crippen LogP contribution in [0.25, 0.3) is 0 Å². The van der Waals surface area contributed by atoms with E-state index in [1.807, 2.05) is 45.0 Å². The van der Waals surface area contributed by atoms with Gasteiger partial charge in [-0.3, -0.25) is 4.79 Å². The van der Waals surface area contributed by atoms with Crippen LogP contribution in [0.3, 0.4) is 0 Å². The topological polar surface area (TPSA) is 81.7 Å². The molecule has 20 heavy (non-hydrogen) atoms. The first-order valence-corrected chi connectivity index (χ1v) is 6.36. The molecular formula is C14H21N3O3. The molecule has 2 amide bonds. The van der Waals surface area contributed by atoms with Crippen LogP contribution in [0.2, 0.25) is 0 Å². The Morgan fingerprint density at radius 3 is 2.20 bits per heavy atom. The summed E-state index contributed by atoms with van der Waals surface area (Å²) in [5.74, 6) is -0.937. The third-order valence-corrected chi connectivity index (χ3v) is 2.90. The van der Waals surface area contributed by atoms with Gasteiger partial charge in [0.1, 0.15) is 0 Å². The summed E-state index contributed by atoms with van der Waals surface area (Å²) in [6, 6.07) is 3.58. The minimum Gasteiger partial charge on any atom is -0.481 e. The SMILES string of the molecule is Cc1cc(N(C)C)cc(C)c1NC(=O)NCCC(=O)O. The predicted octanol–water partition coefficient (Wildman–Crippen LogP) is 1.97. The molecule has 110 valence electrons. The predicted molar refractivity (Wildman–Crippen MR) is 79.5 cm³/mol. The molecule has 0 saturated heterocycles. The minimum atomic E-state index is -0.937. The van der Waals surface area contributed by atoms with E-state index in [1.165, 1.54) is 0 Å². The lowest BCUT2D eigenvalue weighted by molar-refractivity contribution is -0.136. The molecule has 0 unspecified atom stereocenters. The highest BCUT2D eigenvalue weighted by Crippen LogP contribution is 2.26. The molecule has 0 fully saturated rings. The van der Waals surface area contributed by atoms with Gasteiger partial charge in [-0.05, 0) is 37.1 Å². The Bertz CT molecular complexity index is 489. The van der Waals surface area contributed by atoms with Gasteiger partial charge in [-0.15, -0.1) is 0 Å². The largest absolute Gasteiger partial charge is 0.481 e. The molecule has 3 N–H and O–H groups in total. The highest BCUT2D eigenvalue weighted by Gasteiger charge is 2.09. The van der Waals surface area contributed by atoms with Crippen LogP contribution in [0.1, 0.15) is 17.5 Å². The normalized spacial score (nSPS) is 10.0. The van der Waals surface area contributed by atoms with Gasteiger partial charge in [-0.1, -0.05) is 0 Å². The Balaban J connectivity index is 2.72. The molecule has 6 nitrogen and oxygen atoms in total. The molecule has 0 aromatic heterocycles. The molecule has 0 heterocycles.